The standard InChI is InChI=1S/C20H20N6O/c1-14-12-24-16(13-23-14)20(27)26-10-4-5-17(26)15-7-9-22-19(11-15)25-18-6-2-3-8-21-18/h2-3,6-9,11-13,17H,4-5,10H2,1H3,(H,21,22,25)/t17-/m1/s1. The molecule has 4 heterocycles. The number of anilines is 2. The van der Waals surface area contributed by atoms with Gasteiger partial charge in [-0.2, -0.15) is 0 Å². The predicted molar refractivity (Wildman–Crippen MR) is 102 cm³/mol. The Morgan fingerprint density at radius 2 is 1.96 bits per heavy atom. The molecule has 0 aromatic carbocycles. The van der Waals surface area contributed by atoms with Crippen molar-refractivity contribution in [1.82, 2.24) is 24.8 Å². The molecule has 0 saturated carbocycles. The number of pyridine rings is 2. The molecule has 27 heavy (non-hydrogen) atoms. The largest absolute Gasteiger partial charge is 0.330 e. The number of rotatable bonds is 4. The van der Waals surface area contributed by atoms with Crippen molar-refractivity contribution < 1.29 is 4.79 Å². The van der Waals surface area contributed by atoms with Gasteiger partial charge >= 0.3 is 0 Å². The third-order valence-electron chi connectivity index (χ3n) is 4.60. The molecule has 1 atom stereocenters. The lowest BCUT2D eigenvalue weighted by Crippen LogP contribution is -2.31. The fourth-order valence-corrected chi connectivity index (χ4v) is 3.30. The average molecular weight is 360 g/mol. The van der Waals surface area contributed by atoms with Crippen LogP contribution in [0.3, 0.4) is 0 Å². The SMILES string of the molecule is Cc1cnc(C(=O)N2CCC[C@@H]2c2ccnc(Nc3ccccn3)c2)cn1. The van der Waals surface area contributed by atoms with Crippen molar-refractivity contribution in [1.29, 1.82) is 0 Å². The molecule has 3 aromatic rings. The minimum Gasteiger partial charge on any atom is -0.330 e. The van der Waals surface area contributed by atoms with Gasteiger partial charge in [0.05, 0.1) is 17.9 Å². The second kappa shape index (κ2) is 7.49. The molecule has 0 unspecified atom stereocenters. The third kappa shape index (κ3) is 3.76. The van der Waals surface area contributed by atoms with E-state index in [1.54, 1.807) is 24.8 Å². The predicted octanol–water partition coefficient (Wildman–Crippen LogP) is 3.30. The van der Waals surface area contributed by atoms with Crippen molar-refractivity contribution in [2.45, 2.75) is 25.8 Å². The van der Waals surface area contributed by atoms with Crippen LogP contribution in [0.2, 0.25) is 0 Å². The highest BCUT2D eigenvalue weighted by Gasteiger charge is 2.31. The van der Waals surface area contributed by atoms with Gasteiger partial charge in [-0.15, -0.1) is 0 Å². The van der Waals surface area contributed by atoms with Crippen LogP contribution in [0.1, 0.15) is 40.6 Å². The summed E-state index contributed by atoms with van der Waals surface area (Å²) in [6.07, 6.45) is 8.53. The first-order valence-corrected chi connectivity index (χ1v) is 8.94. The van der Waals surface area contributed by atoms with Crippen LogP contribution in [0.15, 0.2) is 55.1 Å². The summed E-state index contributed by atoms with van der Waals surface area (Å²) in [7, 11) is 0. The smallest absolute Gasteiger partial charge is 0.274 e. The van der Waals surface area contributed by atoms with E-state index in [4.69, 9.17) is 0 Å². The number of nitrogens with one attached hydrogen (secondary N) is 1. The molecular weight excluding hydrogens is 340 g/mol. The maximum absolute atomic E-state index is 12.9. The van der Waals surface area contributed by atoms with Crippen molar-refractivity contribution in [2.24, 2.45) is 0 Å². The molecule has 1 N–H and O–H groups in total. The molecule has 0 radical (unpaired) electrons. The first kappa shape index (κ1) is 17.1. The van der Waals surface area contributed by atoms with Gasteiger partial charge < -0.3 is 10.2 Å². The number of hydrogen-bond donors (Lipinski definition) is 1. The summed E-state index contributed by atoms with van der Waals surface area (Å²) in [6.45, 7) is 2.57. The zero-order valence-electron chi connectivity index (χ0n) is 15.0. The molecule has 0 spiro atoms. The first-order valence-electron chi connectivity index (χ1n) is 8.94. The highest BCUT2D eigenvalue weighted by Crippen LogP contribution is 2.33. The number of hydrogen-bond acceptors (Lipinski definition) is 6. The summed E-state index contributed by atoms with van der Waals surface area (Å²) < 4.78 is 0. The maximum Gasteiger partial charge on any atom is 0.274 e. The Kier molecular flexibility index (Phi) is 4.74. The molecular formula is C20H20N6O. The van der Waals surface area contributed by atoms with Gasteiger partial charge in [0, 0.05) is 25.1 Å². The van der Waals surface area contributed by atoms with Gasteiger partial charge in [-0.1, -0.05) is 6.07 Å². The third-order valence-corrected chi connectivity index (χ3v) is 4.60. The van der Waals surface area contributed by atoms with Gasteiger partial charge in [0.1, 0.15) is 17.3 Å². The van der Waals surface area contributed by atoms with Gasteiger partial charge in [-0.3, -0.25) is 9.78 Å². The molecule has 4 rings (SSSR count). The highest BCUT2D eigenvalue weighted by atomic mass is 16.2. The second-order valence-electron chi connectivity index (χ2n) is 6.51. The van der Waals surface area contributed by atoms with E-state index in [2.05, 4.69) is 25.3 Å². The Morgan fingerprint density at radius 1 is 1.07 bits per heavy atom. The van der Waals surface area contributed by atoms with E-state index in [0.29, 0.717) is 18.1 Å². The summed E-state index contributed by atoms with van der Waals surface area (Å²) >= 11 is 0. The normalized spacial score (nSPS) is 16.3. The number of aromatic nitrogens is 4. The van der Waals surface area contributed by atoms with E-state index in [9.17, 15) is 4.79 Å². The van der Waals surface area contributed by atoms with Crippen LogP contribution in [-0.4, -0.2) is 37.3 Å². The fraction of sp³-hybridized carbons (Fsp3) is 0.250. The van der Waals surface area contributed by atoms with Crippen molar-refractivity contribution in [3.63, 3.8) is 0 Å². The van der Waals surface area contributed by atoms with Crippen molar-refractivity contribution >= 4 is 17.5 Å². The van der Waals surface area contributed by atoms with Gasteiger partial charge in [0.2, 0.25) is 0 Å². The topological polar surface area (TPSA) is 83.9 Å². The number of likely N-dealkylation sites (tertiary alicyclic amines) is 1. The number of aryl methyl sites for hydroxylation is 1. The minimum absolute atomic E-state index is 0.00730. The Bertz CT molecular complexity index is 929. The van der Waals surface area contributed by atoms with Crippen LogP contribution >= 0.6 is 0 Å². The summed E-state index contributed by atoms with van der Waals surface area (Å²) in [5, 5.41) is 3.20. The Morgan fingerprint density at radius 3 is 2.74 bits per heavy atom. The molecule has 1 aliphatic heterocycles. The summed E-state index contributed by atoms with van der Waals surface area (Å²) in [6, 6.07) is 9.61. The van der Waals surface area contributed by atoms with E-state index >= 15 is 0 Å². The fourth-order valence-electron chi connectivity index (χ4n) is 3.30. The average Bonchev–Trinajstić information content (AvgIpc) is 3.19. The maximum atomic E-state index is 12.9. The molecule has 1 fully saturated rings. The Labute approximate surface area is 157 Å². The van der Waals surface area contributed by atoms with E-state index in [-0.39, 0.29) is 11.9 Å². The van der Waals surface area contributed by atoms with Crippen LogP contribution in [0.5, 0.6) is 0 Å². The second-order valence-corrected chi connectivity index (χ2v) is 6.51. The van der Waals surface area contributed by atoms with E-state index < -0.39 is 0 Å². The zero-order valence-corrected chi connectivity index (χ0v) is 15.0. The number of carbonyl (C=O) groups is 1. The number of amides is 1. The molecule has 0 bridgehead atoms. The van der Waals surface area contributed by atoms with E-state index in [0.717, 1.165) is 29.9 Å². The lowest BCUT2D eigenvalue weighted by atomic mass is 10.1. The van der Waals surface area contributed by atoms with Gasteiger partial charge in [0.15, 0.2) is 0 Å². The summed E-state index contributed by atoms with van der Waals surface area (Å²) in [5.74, 6) is 1.36. The lowest BCUT2D eigenvalue weighted by molar-refractivity contribution is 0.0729. The summed E-state index contributed by atoms with van der Waals surface area (Å²) in [5.41, 5.74) is 2.23. The first-order chi connectivity index (χ1) is 13.2. The van der Waals surface area contributed by atoms with E-state index in [1.165, 1.54) is 0 Å². The van der Waals surface area contributed by atoms with Crippen LogP contribution in [0, 0.1) is 6.92 Å². The molecule has 0 aliphatic carbocycles. The van der Waals surface area contributed by atoms with Crippen LogP contribution < -0.4 is 5.32 Å². The highest BCUT2D eigenvalue weighted by molar-refractivity contribution is 5.92. The molecule has 1 amide bonds. The van der Waals surface area contributed by atoms with Crippen LogP contribution in [0.25, 0.3) is 0 Å². The monoisotopic (exact) mass is 360 g/mol. The molecule has 1 saturated heterocycles. The molecule has 1 aliphatic rings. The van der Waals surface area contributed by atoms with Crippen molar-refractivity contribution in [2.75, 3.05) is 11.9 Å². The number of carbonyl (C=O) groups excluding carboxylic acids is 1. The molecule has 3 aromatic heterocycles. The van der Waals surface area contributed by atoms with Crippen molar-refractivity contribution in [3.05, 3.63) is 72.1 Å². The summed E-state index contributed by atoms with van der Waals surface area (Å²) in [4.78, 5) is 31.8. The minimum atomic E-state index is -0.0824. The van der Waals surface area contributed by atoms with Crippen LogP contribution in [-0.2, 0) is 0 Å². The zero-order chi connectivity index (χ0) is 18.6. The van der Waals surface area contributed by atoms with Crippen molar-refractivity contribution in [3.8, 4) is 0 Å². The Hall–Kier alpha value is -3.35. The molecule has 7 nitrogen and oxygen atoms in total. The van der Waals surface area contributed by atoms with E-state index in [1.807, 2.05) is 42.2 Å². The quantitative estimate of drug-likeness (QED) is 0.768. The molecule has 7 heteroatoms. The van der Waals surface area contributed by atoms with Gasteiger partial charge in [-0.25, -0.2) is 15.0 Å². The van der Waals surface area contributed by atoms with Crippen LogP contribution in [0.4, 0.5) is 11.6 Å². The number of nitrogens with zero attached hydrogens (tertiary/aromatic N) is 5. The Balaban J connectivity index is 1.56. The van der Waals surface area contributed by atoms with Gasteiger partial charge in [0.25, 0.3) is 5.91 Å². The van der Waals surface area contributed by atoms with Gasteiger partial charge in [-0.05, 0) is 49.6 Å². The molecule has 136 valence electrons. The lowest BCUT2D eigenvalue weighted by Gasteiger charge is -2.25.